The maximum absolute atomic E-state index is 13.9. The first-order chi connectivity index (χ1) is 13.9. The first-order valence-electron chi connectivity index (χ1n) is 8.61. The summed E-state index contributed by atoms with van der Waals surface area (Å²) in [5, 5.41) is 14.2. The Morgan fingerprint density at radius 2 is 1.69 bits per heavy atom. The van der Waals surface area contributed by atoms with Crippen LogP contribution in [0.2, 0.25) is 0 Å². The topological polar surface area (TPSA) is 67.2 Å². The van der Waals surface area contributed by atoms with Crippen molar-refractivity contribution >= 4 is 22.4 Å². The van der Waals surface area contributed by atoms with Gasteiger partial charge in [-0.1, -0.05) is 30.3 Å². The van der Waals surface area contributed by atoms with E-state index in [0.29, 0.717) is 22.0 Å². The first kappa shape index (κ1) is 18.5. The van der Waals surface area contributed by atoms with Crippen LogP contribution in [-0.2, 0) is 6.54 Å². The van der Waals surface area contributed by atoms with Crippen LogP contribution in [0.1, 0.15) is 5.56 Å². The molecule has 8 heteroatoms. The summed E-state index contributed by atoms with van der Waals surface area (Å²) in [5.74, 6) is -3.01. The number of phenols is 1. The van der Waals surface area contributed by atoms with E-state index in [0.717, 1.165) is 18.3 Å². The number of nitrogens with one attached hydrogen (secondary N) is 1. The maximum Gasteiger partial charge on any atom is 0.310 e. The van der Waals surface area contributed by atoms with Crippen LogP contribution in [0.4, 0.5) is 24.8 Å². The molecule has 0 aliphatic carbocycles. The predicted octanol–water partition coefficient (Wildman–Crippen LogP) is 4.31. The van der Waals surface area contributed by atoms with Crippen LogP contribution in [0.15, 0.2) is 65.6 Å². The Morgan fingerprint density at radius 3 is 2.48 bits per heavy atom. The molecule has 29 heavy (non-hydrogen) atoms. The lowest BCUT2D eigenvalue weighted by atomic mass is 10.1. The molecule has 0 saturated carbocycles. The Bertz CT molecular complexity index is 1290. The summed E-state index contributed by atoms with van der Waals surface area (Å²) in [6.45, 7) is -0.0558. The number of phenolic OH excluding ortho intramolecular Hbond substituents is 1. The van der Waals surface area contributed by atoms with Gasteiger partial charge in [-0.25, -0.2) is 8.78 Å². The highest BCUT2D eigenvalue weighted by atomic mass is 19.2. The van der Waals surface area contributed by atoms with Crippen LogP contribution in [0.25, 0.3) is 10.8 Å². The van der Waals surface area contributed by atoms with E-state index >= 15 is 0 Å². The molecule has 4 rings (SSSR count). The van der Waals surface area contributed by atoms with E-state index in [1.165, 1.54) is 10.6 Å². The Kier molecular flexibility index (Phi) is 4.67. The van der Waals surface area contributed by atoms with Gasteiger partial charge in [-0.2, -0.15) is 9.37 Å². The number of rotatable bonds is 4. The quantitative estimate of drug-likeness (QED) is 0.539. The fourth-order valence-corrected chi connectivity index (χ4v) is 3.04. The molecule has 0 unspecified atom stereocenters. The van der Waals surface area contributed by atoms with E-state index in [1.807, 2.05) is 0 Å². The van der Waals surface area contributed by atoms with Crippen molar-refractivity contribution in [2.45, 2.75) is 6.54 Å². The third kappa shape index (κ3) is 3.64. The Morgan fingerprint density at radius 1 is 0.931 bits per heavy atom. The van der Waals surface area contributed by atoms with Crippen LogP contribution in [-0.4, -0.2) is 14.7 Å². The van der Waals surface area contributed by atoms with Gasteiger partial charge in [0, 0.05) is 22.7 Å². The van der Waals surface area contributed by atoms with Crippen molar-refractivity contribution in [1.29, 1.82) is 0 Å². The van der Waals surface area contributed by atoms with E-state index in [-0.39, 0.29) is 18.2 Å². The van der Waals surface area contributed by atoms with E-state index in [2.05, 4.69) is 10.3 Å². The second-order valence-corrected chi connectivity index (χ2v) is 6.40. The third-order valence-corrected chi connectivity index (χ3v) is 4.44. The van der Waals surface area contributed by atoms with E-state index in [9.17, 15) is 23.1 Å². The third-order valence-electron chi connectivity index (χ3n) is 4.44. The van der Waals surface area contributed by atoms with Gasteiger partial charge >= 0.3 is 5.56 Å². The van der Waals surface area contributed by atoms with E-state index in [4.69, 9.17) is 0 Å². The molecule has 0 bridgehead atoms. The fourth-order valence-electron chi connectivity index (χ4n) is 3.04. The number of nitrogens with zero attached hydrogens (tertiary/aromatic N) is 2. The van der Waals surface area contributed by atoms with Crippen molar-refractivity contribution in [3.05, 3.63) is 94.2 Å². The number of hydrogen-bond acceptors (Lipinski definition) is 4. The molecule has 0 aliphatic rings. The number of anilines is 2. The van der Waals surface area contributed by atoms with Gasteiger partial charge < -0.3 is 15.0 Å². The molecule has 0 saturated heterocycles. The zero-order valence-electron chi connectivity index (χ0n) is 14.9. The maximum atomic E-state index is 13.9. The molecule has 5 nitrogen and oxygen atoms in total. The minimum atomic E-state index is -1.08. The Labute approximate surface area is 162 Å². The number of aromatic nitrogens is 2. The van der Waals surface area contributed by atoms with Crippen LogP contribution in [0, 0.1) is 17.5 Å². The van der Waals surface area contributed by atoms with E-state index in [1.54, 1.807) is 36.4 Å². The molecule has 0 amide bonds. The minimum absolute atomic E-state index is 0.0111. The monoisotopic (exact) mass is 397 g/mol. The lowest BCUT2D eigenvalue weighted by molar-refractivity contribution is 0.481. The molecular formula is C21H14F3N3O2. The standard InChI is InChI=1S/C21H14F3N3O2/c22-15-8-7-12(9-16(15)23)10-27-11-17(24)20(29)26-21(27)25-18-5-1-4-14-13(18)3-2-6-19(14)28/h1-9,11,28H,10H2,(H,25,26,29). The zero-order chi connectivity index (χ0) is 20.5. The summed E-state index contributed by atoms with van der Waals surface area (Å²) in [4.78, 5) is 15.5. The predicted molar refractivity (Wildman–Crippen MR) is 103 cm³/mol. The minimum Gasteiger partial charge on any atom is -0.507 e. The van der Waals surface area contributed by atoms with Crippen molar-refractivity contribution < 1.29 is 18.3 Å². The number of benzene rings is 3. The van der Waals surface area contributed by atoms with Gasteiger partial charge in [-0.15, -0.1) is 0 Å². The van der Waals surface area contributed by atoms with Gasteiger partial charge in [0.05, 0.1) is 6.54 Å². The van der Waals surface area contributed by atoms with Crippen molar-refractivity contribution in [3.8, 4) is 5.75 Å². The molecule has 2 N–H and O–H groups in total. The summed E-state index contributed by atoms with van der Waals surface area (Å²) < 4.78 is 41.8. The molecule has 0 aliphatic heterocycles. The molecule has 0 spiro atoms. The summed E-state index contributed by atoms with van der Waals surface area (Å²) in [6, 6.07) is 13.4. The fraction of sp³-hybridized carbons (Fsp3) is 0.0476. The SMILES string of the molecule is O=c1nc(Nc2cccc3c(O)cccc23)n(Cc2ccc(F)c(F)c2)cc1F. The van der Waals surface area contributed by atoms with Crippen LogP contribution >= 0.6 is 0 Å². The van der Waals surface area contributed by atoms with E-state index < -0.39 is 23.0 Å². The average Bonchev–Trinajstić information content (AvgIpc) is 2.69. The zero-order valence-corrected chi connectivity index (χ0v) is 14.9. The summed E-state index contributed by atoms with van der Waals surface area (Å²) in [7, 11) is 0. The Balaban J connectivity index is 1.78. The van der Waals surface area contributed by atoms with Gasteiger partial charge in [-0.05, 0) is 29.8 Å². The molecule has 4 aromatic rings. The molecule has 0 fully saturated rings. The number of hydrogen-bond donors (Lipinski definition) is 2. The summed E-state index contributed by atoms with van der Waals surface area (Å²) >= 11 is 0. The average molecular weight is 397 g/mol. The molecular weight excluding hydrogens is 383 g/mol. The smallest absolute Gasteiger partial charge is 0.310 e. The molecule has 0 atom stereocenters. The van der Waals surface area contributed by atoms with Crippen LogP contribution < -0.4 is 10.9 Å². The number of fused-ring (bicyclic) bond motifs is 1. The Hall–Kier alpha value is -3.81. The van der Waals surface area contributed by atoms with Crippen LogP contribution in [0.5, 0.6) is 5.75 Å². The van der Waals surface area contributed by atoms with Gasteiger partial charge in [-0.3, -0.25) is 4.79 Å². The lowest BCUT2D eigenvalue weighted by Crippen LogP contribution is -2.20. The molecule has 146 valence electrons. The summed E-state index contributed by atoms with van der Waals surface area (Å²) in [6.07, 6.45) is 0.946. The molecule has 1 heterocycles. The normalized spacial score (nSPS) is 11.0. The molecule has 1 aromatic heterocycles. The number of halogens is 3. The highest BCUT2D eigenvalue weighted by Crippen LogP contribution is 2.31. The lowest BCUT2D eigenvalue weighted by Gasteiger charge is -2.16. The molecule has 3 aromatic carbocycles. The second kappa shape index (κ2) is 7.31. The van der Waals surface area contributed by atoms with Gasteiger partial charge in [0.2, 0.25) is 11.8 Å². The van der Waals surface area contributed by atoms with Gasteiger partial charge in [0.25, 0.3) is 0 Å². The summed E-state index contributed by atoms with van der Waals surface area (Å²) in [5.41, 5.74) is -0.180. The second-order valence-electron chi connectivity index (χ2n) is 6.40. The van der Waals surface area contributed by atoms with Gasteiger partial charge in [0.1, 0.15) is 5.75 Å². The first-order valence-corrected chi connectivity index (χ1v) is 8.61. The highest BCUT2D eigenvalue weighted by molar-refractivity contribution is 5.98. The number of aromatic hydroxyl groups is 1. The van der Waals surface area contributed by atoms with Crippen molar-refractivity contribution in [2.75, 3.05) is 5.32 Å². The van der Waals surface area contributed by atoms with Crippen LogP contribution in [0.3, 0.4) is 0 Å². The van der Waals surface area contributed by atoms with Crippen molar-refractivity contribution in [1.82, 2.24) is 9.55 Å². The highest BCUT2D eigenvalue weighted by Gasteiger charge is 2.12. The van der Waals surface area contributed by atoms with Crippen molar-refractivity contribution in [3.63, 3.8) is 0 Å². The molecule has 0 radical (unpaired) electrons. The van der Waals surface area contributed by atoms with Gasteiger partial charge in [0.15, 0.2) is 11.6 Å². The largest absolute Gasteiger partial charge is 0.507 e. The van der Waals surface area contributed by atoms with Crippen molar-refractivity contribution in [2.24, 2.45) is 0 Å².